The molecule has 0 radical (unpaired) electrons. The van der Waals surface area contributed by atoms with Gasteiger partial charge in [-0.25, -0.2) is 4.98 Å². The van der Waals surface area contributed by atoms with E-state index in [2.05, 4.69) is 27.1 Å². The summed E-state index contributed by atoms with van der Waals surface area (Å²) in [7, 11) is 0. The number of hydrogen-bond acceptors (Lipinski definition) is 4. The molecule has 0 fully saturated rings. The smallest absolute Gasteiger partial charge is 0.0986 e. The molecule has 0 saturated heterocycles. The Labute approximate surface area is 137 Å². The molecule has 1 aromatic carbocycles. The van der Waals surface area contributed by atoms with E-state index in [1.54, 1.807) is 18.6 Å². The zero-order chi connectivity index (χ0) is 15.9. The van der Waals surface area contributed by atoms with E-state index in [0.717, 1.165) is 44.1 Å². The van der Waals surface area contributed by atoms with E-state index >= 15 is 0 Å². The standard InChI is InChI=1S/C20H12N4/c1-2-10-21-16(7-1)17-9-8-14-13-5-3-11-22-19(13)20-15(18(14)24-17)6-4-12-23-20/h1-12H. The van der Waals surface area contributed by atoms with Crippen LogP contribution in [0.4, 0.5) is 0 Å². The molecule has 4 nitrogen and oxygen atoms in total. The van der Waals surface area contributed by atoms with E-state index in [9.17, 15) is 0 Å². The van der Waals surface area contributed by atoms with Crippen molar-refractivity contribution in [3.8, 4) is 11.4 Å². The first-order valence-electron chi connectivity index (χ1n) is 7.75. The zero-order valence-corrected chi connectivity index (χ0v) is 12.7. The predicted octanol–water partition coefficient (Wildman–Crippen LogP) is 4.39. The fourth-order valence-corrected chi connectivity index (χ4v) is 3.14. The van der Waals surface area contributed by atoms with E-state index in [-0.39, 0.29) is 0 Å². The largest absolute Gasteiger partial charge is 0.255 e. The lowest BCUT2D eigenvalue weighted by Gasteiger charge is -2.09. The summed E-state index contributed by atoms with van der Waals surface area (Å²) in [5.41, 5.74) is 4.44. The first-order chi connectivity index (χ1) is 11.9. The molecule has 24 heavy (non-hydrogen) atoms. The van der Waals surface area contributed by atoms with Gasteiger partial charge in [-0.05, 0) is 42.5 Å². The van der Waals surface area contributed by atoms with Crippen molar-refractivity contribution >= 4 is 32.7 Å². The van der Waals surface area contributed by atoms with Gasteiger partial charge in [0, 0.05) is 34.7 Å². The van der Waals surface area contributed by atoms with Gasteiger partial charge in [0.05, 0.1) is 27.9 Å². The molecule has 0 spiro atoms. The molecule has 4 heterocycles. The van der Waals surface area contributed by atoms with Crippen LogP contribution in [0.5, 0.6) is 0 Å². The van der Waals surface area contributed by atoms with Gasteiger partial charge in [0.2, 0.25) is 0 Å². The second kappa shape index (κ2) is 5.06. The maximum Gasteiger partial charge on any atom is 0.0986 e. The molecule has 0 bridgehead atoms. The number of hydrogen-bond donors (Lipinski definition) is 0. The number of rotatable bonds is 1. The summed E-state index contributed by atoms with van der Waals surface area (Å²) in [6, 6.07) is 18.0. The average Bonchev–Trinajstić information content (AvgIpc) is 2.68. The van der Waals surface area contributed by atoms with Crippen LogP contribution in [0.1, 0.15) is 0 Å². The summed E-state index contributed by atoms with van der Waals surface area (Å²) >= 11 is 0. The molecule has 0 N–H and O–H groups in total. The van der Waals surface area contributed by atoms with Crippen molar-refractivity contribution in [1.82, 2.24) is 19.9 Å². The van der Waals surface area contributed by atoms with Crippen molar-refractivity contribution in [3.63, 3.8) is 0 Å². The molecule has 0 aliphatic rings. The Bertz CT molecular complexity index is 1160. The van der Waals surface area contributed by atoms with Gasteiger partial charge in [-0.15, -0.1) is 0 Å². The summed E-state index contributed by atoms with van der Waals surface area (Å²) in [4.78, 5) is 18.4. The normalized spacial score (nSPS) is 11.3. The number of pyridine rings is 4. The van der Waals surface area contributed by atoms with E-state index in [1.807, 2.05) is 42.5 Å². The Kier molecular flexibility index (Phi) is 2.76. The molecule has 0 aliphatic heterocycles. The fraction of sp³-hybridized carbons (Fsp3) is 0. The van der Waals surface area contributed by atoms with Crippen LogP contribution in [0.25, 0.3) is 44.1 Å². The lowest BCUT2D eigenvalue weighted by atomic mass is 10.0. The van der Waals surface area contributed by atoms with Crippen LogP contribution in [-0.4, -0.2) is 19.9 Å². The molecule has 4 aromatic heterocycles. The van der Waals surface area contributed by atoms with E-state index in [4.69, 9.17) is 4.98 Å². The minimum absolute atomic E-state index is 0.858. The molecule has 0 saturated carbocycles. The predicted molar refractivity (Wildman–Crippen MR) is 95.6 cm³/mol. The average molecular weight is 308 g/mol. The highest BCUT2D eigenvalue weighted by atomic mass is 14.8. The van der Waals surface area contributed by atoms with Crippen molar-refractivity contribution in [2.75, 3.05) is 0 Å². The Balaban J connectivity index is 1.96. The third-order valence-electron chi connectivity index (χ3n) is 4.21. The van der Waals surface area contributed by atoms with Gasteiger partial charge < -0.3 is 0 Å². The van der Waals surface area contributed by atoms with Crippen molar-refractivity contribution < 1.29 is 0 Å². The van der Waals surface area contributed by atoms with Crippen LogP contribution in [0.15, 0.2) is 73.2 Å². The first-order valence-corrected chi connectivity index (χ1v) is 7.75. The van der Waals surface area contributed by atoms with E-state index < -0.39 is 0 Å². The van der Waals surface area contributed by atoms with Gasteiger partial charge in [0.15, 0.2) is 0 Å². The minimum Gasteiger partial charge on any atom is -0.255 e. The van der Waals surface area contributed by atoms with Gasteiger partial charge in [0.1, 0.15) is 0 Å². The van der Waals surface area contributed by atoms with Gasteiger partial charge >= 0.3 is 0 Å². The highest BCUT2D eigenvalue weighted by Gasteiger charge is 2.12. The lowest BCUT2D eigenvalue weighted by Crippen LogP contribution is -1.92. The number of nitrogens with zero attached hydrogens (tertiary/aromatic N) is 4. The van der Waals surface area contributed by atoms with Crippen LogP contribution in [0, 0.1) is 0 Å². The molecule has 0 amide bonds. The van der Waals surface area contributed by atoms with Crippen LogP contribution >= 0.6 is 0 Å². The molecular weight excluding hydrogens is 296 g/mol. The molecule has 0 unspecified atom stereocenters. The topological polar surface area (TPSA) is 51.6 Å². The van der Waals surface area contributed by atoms with Gasteiger partial charge in [-0.2, -0.15) is 0 Å². The Morgan fingerprint density at radius 2 is 1.17 bits per heavy atom. The Morgan fingerprint density at radius 3 is 1.96 bits per heavy atom. The second-order valence-corrected chi connectivity index (χ2v) is 5.61. The van der Waals surface area contributed by atoms with Gasteiger partial charge in [-0.3, -0.25) is 15.0 Å². The summed E-state index contributed by atoms with van der Waals surface area (Å²) in [6.07, 6.45) is 5.38. The fourth-order valence-electron chi connectivity index (χ4n) is 3.14. The summed E-state index contributed by atoms with van der Waals surface area (Å²) < 4.78 is 0. The highest BCUT2D eigenvalue weighted by molar-refractivity contribution is 6.21. The third-order valence-corrected chi connectivity index (χ3v) is 4.21. The molecule has 112 valence electrons. The van der Waals surface area contributed by atoms with Crippen molar-refractivity contribution in [2.45, 2.75) is 0 Å². The number of benzene rings is 1. The first kappa shape index (κ1) is 13.1. The van der Waals surface area contributed by atoms with Crippen LogP contribution in [0.3, 0.4) is 0 Å². The Hall–Kier alpha value is -3.40. The molecule has 0 atom stereocenters. The van der Waals surface area contributed by atoms with E-state index in [1.165, 1.54) is 0 Å². The quantitative estimate of drug-likeness (QED) is 0.431. The Morgan fingerprint density at radius 1 is 0.458 bits per heavy atom. The molecule has 4 heteroatoms. The molecular formula is C20H12N4. The lowest BCUT2D eigenvalue weighted by molar-refractivity contribution is 1.28. The number of fused-ring (bicyclic) bond motifs is 6. The third kappa shape index (κ3) is 1.86. The molecule has 0 aliphatic carbocycles. The van der Waals surface area contributed by atoms with E-state index in [0.29, 0.717) is 0 Å². The van der Waals surface area contributed by atoms with Gasteiger partial charge in [0.25, 0.3) is 0 Å². The highest BCUT2D eigenvalue weighted by Crippen LogP contribution is 2.32. The number of aromatic nitrogens is 4. The van der Waals surface area contributed by atoms with Crippen molar-refractivity contribution in [1.29, 1.82) is 0 Å². The monoisotopic (exact) mass is 308 g/mol. The maximum atomic E-state index is 4.89. The van der Waals surface area contributed by atoms with Crippen molar-refractivity contribution in [2.24, 2.45) is 0 Å². The summed E-state index contributed by atoms with van der Waals surface area (Å²) in [5.74, 6) is 0. The minimum atomic E-state index is 0.858. The molecule has 5 rings (SSSR count). The zero-order valence-electron chi connectivity index (χ0n) is 12.7. The van der Waals surface area contributed by atoms with Crippen LogP contribution in [0.2, 0.25) is 0 Å². The molecule has 5 aromatic rings. The SMILES string of the molecule is c1ccc(-c2ccc3c4cccnc4c4ncccc4c3n2)nc1. The summed E-state index contributed by atoms with van der Waals surface area (Å²) in [6.45, 7) is 0. The second-order valence-electron chi connectivity index (χ2n) is 5.61. The van der Waals surface area contributed by atoms with Crippen LogP contribution in [-0.2, 0) is 0 Å². The van der Waals surface area contributed by atoms with Gasteiger partial charge in [-0.1, -0.05) is 12.1 Å². The van der Waals surface area contributed by atoms with Crippen LogP contribution < -0.4 is 0 Å². The maximum absolute atomic E-state index is 4.89. The summed E-state index contributed by atoms with van der Waals surface area (Å²) in [5, 5.41) is 3.16. The van der Waals surface area contributed by atoms with Crippen molar-refractivity contribution in [3.05, 3.63) is 73.2 Å².